The average molecular weight is 404 g/mol. The van der Waals surface area contributed by atoms with Crippen LogP contribution in [0.3, 0.4) is 0 Å². The molecule has 0 saturated carbocycles. The van der Waals surface area contributed by atoms with Crippen molar-refractivity contribution in [3.05, 3.63) is 29.8 Å². The van der Waals surface area contributed by atoms with Crippen LogP contribution in [-0.4, -0.2) is 75.2 Å². The van der Waals surface area contributed by atoms with Gasteiger partial charge in [0.2, 0.25) is 11.8 Å². The lowest BCUT2D eigenvalue weighted by molar-refractivity contribution is -0.137. The topological polar surface area (TPSA) is 71.1 Å². The predicted molar refractivity (Wildman–Crippen MR) is 111 cm³/mol. The van der Waals surface area contributed by atoms with Gasteiger partial charge < -0.3 is 19.7 Å². The smallest absolute Gasteiger partial charge is 0.228 e. The molecule has 1 aromatic rings. The number of methoxy groups -OCH3 is 2. The molecule has 1 atom stereocenters. The zero-order chi connectivity index (χ0) is 20.6. The van der Waals surface area contributed by atoms with E-state index < -0.39 is 0 Å². The highest BCUT2D eigenvalue weighted by Crippen LogP contribution is 2.24. The largest absolute Gasteiger partial charge is 0.496 e. The summed E-state index contributed by atoms with van der Waals surface area (Å²) in [6.45, 7) is 5.22. The maximum Gasteiger partial charge on any atom is 0.228 e. The van der Waals surface area contributed by atoms with Gasteiger partial charge in [-0.3, -0.25) is 14.5 Å². The first-order chi connectivity index (χ1) is 14.1. The van der Waals surface area contributed by atoms with E-state index in [4.69, 9.17) is 9.47 Å². The second-order valence-corrected chi connectivity index (χ2v) is 8.01. The van der Waals surface area contributed by atoms with Crippen molar-refractivity contribution in [3.8, 4) is 5.75 Å². The van der Waals surface area contributed by atoms with Gasteiger partial charge in [0.05, 0.1) is 19.6 Å². The second-order valence-electron chi connectivity index (χ2n) is 8.01. The standard InChI is InChI=1S/C22H33N3O4/c1-28-12-11-25(22(27)19-13-21(26)23-14-19)15-17-7-9-24(10-8-17)16-18-5-3-4-6-20(18)29-2/h3-6,17,19H,7-16H2,1-2H3,(H,23,26). The fourth-order valence-electron chi connectivity index (χ4n) is 4.24. The van der Waals surface area contributed by atoms with E-state index in [1.54, 1.807) is 14.2 Å². The number of nitrogens with one attached hydrogen (secondary N) is 1. The Labute approximate surface area is 173 Å². The van der Waals surface area contributed by atoms with Crippen LogP contribution in [0.2, 0.25) is 0 Å². The van der Waals surface area contributed by atoms with E-state index in [0.29, 0.717) is 32.0 Å². The minimum Gasteiger partial charge on any atom is -0.496 e. The van der Waals surface area contributed by atoms with Crippen LogP contribution >= 0.6 is 0 Å². The lowest BCUT2D eigenvalue weighted by Crippen LogP contribution is -2.44. The molecule has 0 bridgehead atoms. The number of benzene rings is 1. The summed E-state index contributed by atoms with van der Waals surface area (Å²) in [5.41, 5.74) is 1.21. The number of piperidine rings is 1. The van der Waals surface area contributed by atoms with Crippen molar-refractivity contribution in [2.45, 2.75) is 25.8 Å². The van der Waals surface area contributed by atoms with Gasteiger partial charge >= 0.3 is 0 Å². The molecule has 29 heavy (non-hydrogen) atoms. The number of carbonyl (C=O) groups is 2. The molecule has 2 heterocycles. The molecule has 1 unspecified atom stereocenters. The summed E-state index contributed by atoms with van der Waals surface area (Å²) < 4.78 is 10.7. The number of hydrogen-bond donors (Lipinski definition) is 1. The zero-order valence-corrected chi connectivity index (χ0v) is 17.6. The molecular formula is C22H33N3O4. The molecule has 0 spiro atoms. The van der Waals surface area contributed by atoms with E-state index in [1.165, 1.54) is 5.56 Å². The number of rotatable bonds is 9. The third-order valence-corrected chi connectivity index (χ3v) is 5.98. The van der Waals surface area contributed by atoms with Gasteiger partial charge in [-0.2, -0.15) is 0 Å². The minimum absolute atomic E-state index is 0.0281. The quantitative estimate of drug-likeness (QED) is 0.677. The van der Waals surface area contributed by atoms with Gasteiger partial charge in [-0.05, 0) is 37.9 Å². The van der Waals surface area contributed by atoms with E-state index in [9.17, 15) is 9.59 Å². The molecule has 1 N–H and O–H groups in total. The summed E-state index contributed by atoms with van der Waals surface area (Å²) in [7, 11) is 3.36. The first-order valence-corrected chi connectivity index (χ1v) is 10.5. The lowest BCUT2D eigenvalue weighted by Gasteiger charge is -2.35. The fraction of sp³-hybridized carbons (Fsp3) is 0.636. The predicted octanol–water partition coefficient (Wildman–Crippen LogP) is 1.52. The first-order valence-electron chi connectivity index (χ1n) is 10.5. The zero-order valence-electron chi connectivity index (χ0n) is 17.6. The Bertz CT molecular complexity index is 688. The van der Waals surface area contributed by atoms with E-state index in [2.05, 4.69) is 16.3 Å². The van der Waals surface area contributed by atoms with Crippen molar-refractivity contribution >= 4 is 11.8 Å². The van der Waals surface area contributed by atoms with Crippen LogP contribution in [0.25, 0.3) is 0 Å². The molecule has 2 aliphatic heterocycles. The van der Waals surface area contributed by atoms with Crippen molar-refractivity contribution < 1.29 is 19.1 Å². The summed E-state index contributed by atoms with van der Waals surface area (Å²) in [5.74, 6) is 1.24. The van der Waals surface area contributed by atoms with Crippen LogP contribution < -0.4 is 10.1 Å². The highest BCUT2D eigenvalue weighted by molar-refractivity contribution is 5.89. The molecule has 0 aliphatic carbocycles. The van der Waals surface area contributed by atoms with Gasteiger partial charge in [-0.25, -0.2) is 0 Å². The summed E-state index contributed by atoms with van der Waals surface area (Å²) in [6.07, 6.45) is 2.43. The van der Waals surface area contributed by atoms with Crippen LogP contribution in [0.5, 0.6) is 5.75 Å². The number of ether oxygens (including phenoxy) is 2. The highest BCUT2D eigenvalue weighted by Gasteiger charge is 2.32. The molecule has 2 fully saturated rings. The number of carbonyl (C=O) groups excluding carboxylic acids is 2. The van der Waals surface area contributed by atoms with Gasteiger partial charge in [0.15, 0.2) is 0 Å². The molecule has 7 heteroatoms. The SMILES string of the molecule is COCCN(CC1CCN(Cc2ccccc2OC)CC1)C(=O)C1CNC(=O)C1. The molecule has 1 aromatic carbocycles. The Kier molecular flexibility index (Phi) is 7.89. The van der Waals surface area contributed by atoms with Gasteiger partial charge in [-0.1, -0.05) is 18.2 Å². The first kappa shape index (κ1) is 21.6. The third-order valence-electron chi connectivity index (χ3n) is 5.98. The monoisotopic (exact) mass is 403 g/mol. The van der Waals surface area contributed by atoms with E-state index in [1.807, 2.05) is 23.1 Å². The van der Waals surface area contributed by atoms with Gasteiger partial charge in [0, 0.05) is 45.3 Å². The Morgan fingerprint density at radius 2 is 2.00 bits per heavy atom. The summed E-state index contributed by atoms with van der Waals surface area (Å²) in [5, 5.41) is 2.77. The van der Waals surface area contributed by atoms with Crippen molar-refractivity contribution in [1.29, 1.82) is 0 Å². The molecular weight excluding hydrogens is 370 g/mol. The molecule has 0 aromatic heterocycles. The molecule has 2 saturated heterocycles. The maximum absolute atomic E-state index is 12.9. The second kappa shape index (κ2) is 10.6. The number of para-hydroxylation sites is 1. The summed E-state index contributed by atoms with van der Waals surface area (Å²) >= 11 is 0. The minimum atomic E-state index is -0.231. The van der Waals surface area contributed by atoms with E-state index in [-0.39, 0.29) is 17.7 Å². The van der Waals surface area contributed by atoms with Crippen LogP contribution in [-0.2, 0) is 20.9 Å². The Morgan fingerprint density at radius 1 is 1.24 bits per heavy atom. The van der Waals surface area contributed by atoms with Gasteiger partial charge in [-0.15, -0.1) is 0 Å². The van der Waals surface area contributed by atoms with Crippen molar-refractivity contribution in [1.82, 2.24) is 15.1 Å². The van der Waals surface area contributed by atoms with Crippen LogP contribution in [0.15, 0.2) is 24.3 Å². The molecule has 160 valence electrons. The lowest BCUT2D eigenvalue weighted by atomic mass is 9.95. The van der Waals surface area contributed by atoms with Crippen molar-refractivity contribution in [2.24, 2.45) is 11.8 Å². The third kappa shape index (κ3) is 5.93. The normalized spacial score (nSPS) is 20.5. The molecule has 2 aliphatic rings. The fourth-order valence-corrected chi connectivity index (χ4v) is 4.24. The Balaban J connectivity index is 1.51. The van der Waals surface area contributed by atoms with Crippen LogP contribution in [0.4, 0.5) is 0 Å². The van der Waals surface area contributed by atoms with Crippen LogP contribution in [0, 0.1) is 11.8 Å². The summed E-state index contributed by atoms with van der Waals surface area (Å²) in [6, 6.07) is 8.16. The Morgan fingerprint density at radius 3 is 2.66 bits per heavy atom. The Hall–Kier alpha value is -2.12. The number of nitrogens with zero attached hydrogens (tertiary/aromatic N) is 2. The van der Waals surface area contributed by atoms with Crippen molar-refractivity contribution in [3.63, 3.8) is 0 Å². The van der Waals surface area contributed by atoms with Gasteiger partial charge in [0.1, 0.15) is 5.75 Å². The average Bonchev–Trinajstić information content (AvgIpc) is 3.18. The number of hydrogen-bond acceptors (Lipinski definition) is 5. The molecule has 3 rings (SSSR count). The van der Waals surface area contributed by atoms with E-state index >= 15 is 0 Å². The van der Waals surface area contributed by atoms with Crippen molar-refractivity contribution in [2.75, 3.05) is 53.6 Å². The molecule has 0 radical (unpaired) electrons. The number of likely N-dealkylation sites (tertiary alicyclic amines) is 1. The van der Waals surface area contributed by atoms with Crippen LogP contribution in [0.1, 0.15) is 24.8 Å². The summed E-state index contributed by atoms with van der Waals surface area (Å²) in [4.78, 5) is 28.8. The number of amides is 2. The molecule has 2 amide bonds. The van der Waals surface area contributed by atoms with Gasteiger partial charge in [0.25, 0.3) is 0 Å². The highest BCUT2D eigenvalue weighted by atomic mass is 16.5. The van der Waals surface area contributed by atoms with E-state index in [0.717, 1.165) is 44.8 Å². The molecule has 7 nitrogen and oxygen atoms in total. The maximum atomic E-state index is 12.9.